The van der Waals surface area contributed by atoms with Crippen molar-refractivity contribution in [3.63, 3.8) is 0 Å². The number of anilines is 2. The Bertz CT molecular complexity index is 656. The van der Waals surface area contributed by atoms with E-state index in [9.17, 15) is 4.79 Å². The summed E-state index contributed by atoms with van der Waals surface area (Å²) in [7, 11) is 0. The molecule has 0 radical (unpaired) electrons. The predicted octanol–water partition coefficient (Wildman–Crippen LogP) is 5.46. The number of hydrogen-bond acceptors (Lipinski definition) is 2. The molecule has 0 saturated carbocycles. The molecule has 0 aliphatic heterocycles. The maximum absolute atomic E-state index is 11.9. The fraction of sp³-hybridized carbons (Fsp3) is 0.0714. The maximum atomic E-state index is 11.9. The second-order valence-electron chi connectivity index (χ2n) is 4.16. The highest BCUT2D eigenvalue weighted by molar-refractivity contribution is 9.10. The van der Waals surface area contributed by atoms with Crippen molar-refractivity contribution in [3.8, 4) is 0 Å². The Morgan fingerprint density at radius 1 is 1.10 bits per heavy atom. The van der Waals surface area contributed by atoms with Crippen LogP contribution in [0, 0.1) is 0 Å². The van der Waals surface area contributed by atoms with Crippen LogP contribution in [0.2, 0.25) is 15.1 Å². The van der Waals surface area contributed by atoms with Crippen LogP contribution in [0.25, 0.3) is 0 Å². The summed E-state index contributed by atoms with van der Waals surface area (Å²) in [6, 6.07) is 10.4. The lowest BCUT2D eigenvalue weighted by Gasteiger charge is -2.11. The van der Waals surface area contributed by atoms with Crippen LogP contribution in [0.1, 0.15) is 0 Å². The van der Waals surface area contributed by atoms with Crippen LogP contribution in [-0.4, -0.2) is 12.5 Å². The quantitative estimate of drug-likeness (QED) is 0.705. The van der Waals surface area contributed by atoms with E-state index in [4.69, 9.17) is 34.8 Å². The Kier molecular flexibility index (Phi) is 5.76. The number of carbonyl (C=O) groups is 1. The first kappa shape index (κ1) is 16.4. The third kappa shape index (κ3) is 4.78. The molecule has 0 bridgehead atoms. The Balaban J connectivity index is 1.99. The first-order chi connectivity index (χ1) is 9.95. The van der Waals surface area contributed by atoms with Crippen molar-refractivity contribution in [1.82, 2.24) is 0 Å². The van der Waals surface area contributed by atoms with Crippen molar-refractivity contribution in [2.24, 2.45) is 0 Å². The Labute approximate surface area is 145 Å². The minimum Gasteiger partial charge on any atom is -0.374 e. The Morgan fingerprint density at radius 3 is 2.38 bits per heavy atom. The average molecular weight is 409 g/mol. The van der Waals surface area contributed by atoms with E-state index < -0.39 is 0 Å². The van der Waals surface area contributed by atoms with E-state index in [1.54, 1.807) is 24.3 Å². The van der Waals surface area contributed by atoms with Crippen molar-refractivity contribution in [1.29, 1.82) is 0 Å². The molecule has 0 aliphatic rings. The number of amides is 1. The fourth-order valence-electron chi connectivity index (χ4n) is 1.65. The van der Waals surface area contributed by atoms with Crippen molar-refractivity contribution in [2.75, 3.05) is 17.2 Å². The third-order valence-corrected chi connectivity index (χ3v) is 3.85. The molecule has 110 valence electrons. The van der Waals surface area contributed by atoms with Crippen LogP contribution < -0.4 is 10.6 Å². The topological polar surface area (TPSA) is 41.1 Å². The minimum absolute atomic E-state index is 0.0353. The van der Waals surface area contributed by atoms with E-state index in [0.717, 1.165) is 4.47 Å². The molecule has 3 nitrogen and oxygen atoms in total. The summed E-state index contributed by atoms with van der Waals surface area (Å²) in [4.78, 5) is 11.9. The van der Waals surface area contributed by atoms with Crippen LogP contribution in [0.15, 0.2) is 40.9 Å². The summed E-state index contributed by atoms with van der Waals surface area (Å²) in [5, 5.41) is 6.82. The molecule has 2 N–H and O–H groups in total. The van der Waals surface area contributed by atoms with Gasteiger partial charge in [-0.2, -0.15) is 0 Å². The van der Waals surface area contributed by atoms with Gasteiger partial charge in [0.25, 0.3) is 0 Å². The van der Waals surface area contributed by atoms with Gasteiger partial charge >= 0.3 is 0 Å². The summed E-state index contributed by atoms with van der Waals surface area (Å²) in [5.41, 5.74) is 1.18. The van der Waals surface area contributed by atoms with Gasteiger partial charge in [-0.15, -0.1) is 0 Å². The fourth-order valence-corrected chi connectivity index (χ4v) is 3.00. The molecule has 0 heterocycles. The van der Waals surface area contributed by atoms with Crippen LogP contribution in [0.4, 0.5) is 11.4 Å². The first-order valence-corrected chi connectivity index (χ1v) is 7.82. The Morgan fingerprint density at radius 2 is 1.76 bits per heavy atom. The molecular weight excluding hydrogens is 398 g/mol. The van der Waals surface area contributed by atoms with Gasteiger partial charge in [0.2, 0.25) is 5.91 Å². The van der Waals surface area contributed by atoms with Gasteiger partial charge in [-0.3, -0.25) is 4.79 Å². The molecule has 21 heavy (non-hydrogen) atoms. The second-order valence-corrected chi connectivity index (χ2v) is 6.32. The van der Waals surface area contributed by atoms with Gasteiger partial charge < -0.3 is 10.6 Å². The van der Waals surface area contributed by atoms with E-state index in [1.165, 1.54) is 0 Å². The molecule has 2 rings (SSSR count). The van der Waals surface area contributed by atoms with E-state index in [2.05, 4.69) is 26.6 Å². The average Bonchev–Trinajstić information content (AvgIpc) is 2.37. The second kappa shape index (κ2) is 7.36. The predicted molar refractivity (Wildman–Crippen MR) is 92.7 cm³/mol. The molecule has 0 spiro atoms. The van der Waals surface area contributed by atoms with Gasteiger partial charge in [-0.25, -0.2) is 0 Å². The van der Waals surface area contributed by atoms with Crippen molar-refractivity contribution in [2.45, 2.75) is 0 Å². The van der Waals surface area contributed by atoms with Gasteiger partial charge in [0, 0.05) is 15.2 Å². The number of halogens is 4. The summed E-state index contributed by atoms with van der Waals surface area (Å²) in [6.07, 6.45) is 0. The summed E-state index contributed by atoms with van der Waals surface area (Å²) in [6.45, 7) is 0.0353. The molecule has 2 aromatic carbocycles. The molecule has 0 atom stereocenters. The standard InChI is InChI=1S/C14H10BrCl3N2O/c15-8-2-1-3-10(4-8)20-13(21)7-19-14-11(17)5-9(16)6-12(14)18/h1-6,19H,7H2,(H,20,21). The first-order valence-electron chi connectivity index (χ1n) is 5.89. The number of benzene rings is 2. The van der Waals surface area contributed by atoms with Gasteiger partial charge in [-0.1, -0.05) is 56.8 Å². The molecule has 0 unspecified atom stereocenters. The summed E-state index contributed by atoms with van der Waals surface area (Å²) < 4.78 is 0.886. The van der Waals surface area contributed by atoms with Crippen LogP contribution in [0.3, 0.4) is 0 Å². The lowest BCUT2D eigenvalue weighted by molar-refractivity contribution is -0.114. The third-order valence-electron chi connectivity index (χ3n) is 2.54. The minimum atomic E-state index is -0.213. The zero-order valence-corrected chi connectivity index (χ0v) is 14.4. The highest BCUT2D eigenvalue weighted by atomic mass is 79.9. The number of carbonyl (C=O) groups excluding carboxylic acids is 1. The summed E-state index contributed by atoms with van der Waals surface area (Å²) >= 11 is 21.2. The van der Waals surface area contributed by atoms with E-state index in [1.807, 2.05) is 12.1 Å². The van der Waals surface area contributed by atoms with Crippen molar-refractivity contribution in [3.05, 3.63) is 55.9 Å². The largest absolute Gasteiger partial charge is 0.374 e. The SMILES string of the molecule is O=C(CNc1c(Cl)cc(Cl)cc1Cl)Nc1cccc(Br)c1. The Hall–Kier alpha value is -0.940. The molecule has 2 aromatic rings. The molecule has 0 saturated heterocycles. The number of rotatable bonds is 4. The van der Waals surface area contributed by atoms with Gasteiger partial charge in [-0.05, 0) is 30.3 Å². The maximum Gasteiger partial charge on any atom is 0.243 e. The van der Waals surface area contributed by atoms with Crippen LogP contribution in [0.5, 0.6) is 0 Å². The molecule has 0 fully saturated rings. The van der Waals surface area contributed by atoms with Crippen LogP contribution in [-0.2, 0) is 4.79 Å². The highest BCUT2D eigenvalue weighted by Crippen LogP contribution is 2.33. The zero-order valence-electron chi connectivity index (χ0n) is 10.6. The van der Waals surface area contributed by atoms with Crippen LogP contribution >= 0.6 is 50.7 Å². The molecule has 0 aromatic heterocycles. The molecular formula is C14H10BrCl3N2O. The van der Waals surface area contributed by atoms with Gasteiger partial charge in [0.05, 0.1) is 22.3 Å². The van der Waals surface area contributed by atoms with Gasteiger partial charge in [0.15, 0.2) is 0 Å². The smallest absolute Gasteiger partial charge is 0.243 e. The van der Waals surface area contributed by atoms with Crippen molar-refractivity contribution < 1.29 is 4.79 Å². The molecule has 7 heteroatoms. The number of nitrogens with one attached hydrogen (secondary N) is 2. The number of hydrogen-bond donors (Lipinski definition) is 2. The lowest BCUT2D eigenvalue weighted by atomic mass is 10.3. The van der Waals surface area contributed by atoms with E-state index in [0.29, 0.717) is 26.4 Å². The highest BCUT2D eigenvalue weighted by Gasteiger charge is 2.09. The zero-order chi connectivity index (χ0) is 15.4. The summed E-state index contributed by atoms with van der Waals surface area (Å²) in [5.74, 6) is -0.213. The normalized spacial score (nSPS) is 10.3. The van der Waals surface area contributed by atoms with Crippen molar-refractivity contribution >= 4 is 68.0 Å². The molecule has 1 amide bonds. The van der Waals surface area contributed by atoms with Gasteiger partial charge in [0.1, 0.15) is 0 Å². The molecule has 0 aliphatic carbocycles. The van der Waals surface area contributed by atoms with E-state index >= 15 is 0 Å². The lowest BCUT2D eigenvalue weighted by Crippen LogP contribution is -2.22. The van der Waals surface area contributed by atoms with E-state index in [-0.39, 0.29) is 12.5 Å². The monoisotopic (exact) mass is 406 g/mol.